The van der Waals surface area contributed by atoms with Gasteiger partial charge < -0.3 is 5.11 Å². The Bertz CT molecular complexity index is 754. The highest BCUT2D eigenvalue weighted by Crippen LogP contribution is 2.65. The van der Waals surface area contributed by atoms with Crippen molar-refractivity contribution in [1.82, 2.24) is 0 Å². The lowest BCUT2D eigenvalue weighted by Crippen LogP contribution is -2.50. The van der Waals surface area contributed by atoms with E-state index >= 15 is 0 Å². The quantitative estimate of drug-likeness (QED) is 0.544. The molecule has 3 nitrogen and oxygen atoms in total. The van der Waals surface area contributed by atoms with Crippen molar-refractivity contribution >= 4 is 5.78 Å². The molecule has 24 heavy (non-hydrogen) atoms. The average Bonchev–Trinajstić information content (AvgIpc) is 2.82. The second-order valence-electron chi connectivity index (χ2n) is 8.67. The molecular formula is C21H25NO2. The van der Waals surface area contributed by atoms with Gasteiger partial charge in [-0.15, -0.1) is 0 Å². The number of ketones is 1. The van der Waals surface area contributed by atoms with Gasteiger partial charge in [-0.25, -0.2) is 0 Å². The molecule has 2 saturated carbocycles. The highest BCUT2D eigenvalue weighted by molar-refractivity contribution is 5.93. The Morgan fingerprint density at radius 3 is 2.83 bits per heavy atom. The second kappa shape index (κ2) is 4.70. The topological polar surface area (TPSA) is 61.1 Å². The van der Waals surface area contributed by atoms with Crippen LogP contribution >= 0.6 is 0 Å². The van der Waals surface area contributed by atoms with Gasteiger partial charge in [0.2, 0.25) is 0 Å². The first-order valence-corrected chi connectivity index (χ1v) is 9.02. The Balaban J connectivity index is 1.83. The Hall–Kier alpha value is -1.66. The maximum Gasteiger partial charge on any atom is 0.156 e. The monoisotopic (exact) mass is 323 g/mol. The Morgan fingerprint density at radius 1 is 1.38 bits per heavy atom. The summed E-state index contributed by atoms with van der Waals surface area (Å²) in [5.41, 5.74) is 1.93. The number of aliphatic hydroxyl groups is 1. The van der Waals surface area contributed by atoms with Crippen LogP contribution in [0.4, 0.5) is 0 Å². The van der Waals surface area contributed by atoms with Crippen molar-refractivity contribution in [2.24, 2.45) is 22.7 Å². The van der Waals surface area contributed by atoms with Gasteiger partial charge in [-0.05, 0) is 55.6 Å². The van der Waals surface area contributed by atoms with Crippen LogP contribution in [-0.2, 0) is 4.79 Å². The molecule has 2 fully saturated rings. The molecule has 0 saturated heterocycles. The van der Waals surface area contributed by atoms with E-state index in [0.717, 1.165) is 36.8 Å². The molecule has 0 spiro atoms. The third-order valence-corrected chi connectivity index (χ3v) is 7.65. The first-order valence-electron chi connectivity index (χ1n) is 9.02. The van der Waals surface area contributed by atoms with Gasteiger partial charge in [-0.2, -0.15) is 5.26 Å². The van der Waals surface area contributed by atoms with Gasteiger partial charge >= 0.3 is 0 Å². The number of hydrogen-bond donors (Lipinski definition) is 1. The molecule has 3 heteroatoms. The zero-order valence-corrected chi connectivity index (χ0v) is 14.6. The smallest absolute Gasteiger partial charge is 0.156 e. The van der Waals surface area contributed by atoms with Crippen molar-refractivity contribution in [3.8, 4) is 6.07 Å². The predicted octanol–water partition coefficient (Wildman–Crippen LogP) is 3.86. The van der Waals surface area contributed by atoms with Crippen molar-refractivity contribution < 1.29 is 9.90 Å². The van der Waals surface area contributed by atoms with E-state index in [1.165, 1.54) is 5.57 Å². The first-order chi connectivity index (χ1) is 11.2. The van der Waals surface area contributed by atoms with Gasteiger partial charge in [0.05, 0.1) is 6.07 Å². The van der Waals surface area contributed by atoms with Gasteiger partial charge in [0.15, 0.2) is 11.4 Å². The normalized spacial score (nSPS) is 47.1. The van der Waals surface area contributed by atoms with Crippen LogP contribution in [0.5, 0.6) is 0 Å². The molecule has 0 aromatic rings. The van der Waals surface area contributed by atoms with E-state index in [1.54, 1.807) is 0 Å². The molecule has 0 aromatic heterocycles. The summed E-state index contributed by atoms with van der Waals surface area (Å²) in [4.78, 5) is 11.9. The zero-order valence-electron chi connectivity index (χ0n) is 14.6. The minimum absolute atomic E-state index is 0.0947. The fourth-order valence-electron chi connectivity index (χ4n) is 6.07. The zero-order chi connectivity index (χ0) is 17.3. The van der Waals surface area contributed by atoms with Crippen LogP contribution in [0.25, 0.3) is 0 Å². The second-order valence-corrected chi connectivity index (χ2v) is 8.67. The summed E-state index contributed by atoms with van der Waals surface area (Å²) in [6.45, 7) is 8.63. The van der Waals surface area contributed by atoms with Gasteiger partial charge in [-0.1, -0.05) is 37.6 Å². The van der Waals surface area contributed by atoms with E-state index < -0.39 is 5.60 Å². The molecule has 5 atom stereocenters. The minimum atomic E-state index is -1.22. The molecule has 4 rings (SSSR count). The van der Waals surface area contributed by atoms with Gasteiger partial charge in [-0.3, -0.25) is 4.79 Å². The van der Waals surface area contributed by atoms with E-state index in [4.69, 9.17) is 0 Å². The Labute approximate surface area is 143 Å². The maximum absolute atomic E-state index is 11.9. The number of rotatable bonds is 0. The molecular weight excluding hydrogens is 298 g/mol. The van der Waals surface area contributed by atoms with E-state index in [1.807, 2.05) is 6.08 Å². The van der Waals surface area contributed by atoms with Crippen LogP contribution in [0.3, 0.4) is 0 Å². The van der Waals surface area contributed by atoms with Crippen LogP contribution in [0.2, 0.25) is 0 Å². The maximum atomic E-state index is 11.9. The SMILES string of the molecule is C=C1C[C@@H]2C(=CC[C@@]3(C)[C@H]2CC[C@]3(O)C#N)[C@@]2(C)CCC(=O)C=C12. The van der Waals surface area contributed by atoms with Gasteiger partial charge in [0.25, 0.3) is 0 Å². The predicted molar refractivity (Wildman–Crippen MR) is 91.8 cm³/mol. The van der Waals surface area contributed by atoms with E-state index in [9.17, 15) is 15.2 Å². The number of fused-ring (bicyclic) bond motifs is 5. The lowest BCUT2D eigenvalue weighted by Gasteiger charge is -2.54. The van der Waals surface area contributed by atoms with Crippen molar-refractivity contribution in [1.29, 1.82) is 5.26 Å². The largest absolute Gasteiger partial charge is 0.375 e. The number of carbonyl (C=O) groups excluding carboxylic acids is 1. The van der Waals surface area contributed by atoms with E-state index in [2.05, 4.69) is 32.6 Å². The lowest BCUT2D eigenvalue weighted by atomic mass is 9.50. The molecule has 0 unspecified atom stereocenters. The van der Waals surface area contributed by atoms with Crippen LogP contribution in [-0.4, -0.2) is 16.5 Å². The average molecular weight is 323 g/mol. The fourth-order valence-corrected chi connectivity index (χ4v) is 6.07. The van der Waals surface area contributed by atoms with Crippen LogP contribution in [0.1, 0.15) is 52.4 Å². The Kier molecular flexibility index (Phi) is 3.10. The number of hydrogen-bond acceptors (Lipinski definition) is 3. The summed E-state index contributed by atoms with van der Waals surface area (Å²) in [7, 11) is 0. The van der Waals surface area contributed by atoms with Gasteiger partial charge in [0.1, 0.15) is 0 Å². The molecule has 4 aliphatic carbocycles. The lowest BCUT2D eigenvalue weighted by molar-refractivity contribution is -0.115. The van der Waals surface area contributed by atoms with Crippen LogP contribution in [0, 0.1) is 34.0 Å². The summed E-state index contributed by atoms with van der Waals surface area (Å²) < 4.78 is 0. The summed E-state index contributed by atoms with van der Waals surface area (Å²) in [5.74, 6) is 0.868. The summed E-state index contributed by atoms with van der Waals surface area (Å²) in [5, 5.41) is 20.4. The molecule has 1 N–H and O–H groups in total. The number of nitriles is 1. The van der Waals surface area contributed by atoms with Crippen LogP contribution < -0.4 is 0 Å². The highest BCUT2D eigenvalue weighted by atomic mass is 16.3. The number of nitrogens with zero attached hydrogens (tertiary/aromatic N) is 1. The molecule has 126 valence electrons. The van der Waals surface area contributed by atoms with E-state index in [-0.39, 0.29) is 16.6 Å². The highest BCUT2D eigenvalue weighted by Gasteiger charge is 2.62. The molecule has 0 amide bonds. The molecule has 0 aromatic carbocycles. The van der Waals surface area contributed by atoms with Gasteiger partial charge in [0, 0.05) is 17.3 Å². The summed E-state index contributed by atoms with van der Waals surface area (Å²) >= 11 is 0. The summed E-state index contributed by atoms with van der Waals surface area (Å²) in [6.07, 6.45) is 8.60. The molecule has 0 radical (unpaired) electrons. The van der Waals surface area contributed by atoms with Crippen molar-refractivity contribution in [2.75, 3.05) is 0 Å². The third kappa shape index (κ3) is 1.73. The van der Waals surface area contributed by atoms with E-state index in [0.29, 0.717) is 24.7 Å². The third-order valence-electron chi connectivity index (χ3n) is 7.65. The minimum Gasteiger partial charge on any atom is -0.375 e. The fraction of sp³-hybridized carbons (Fsp3) is 0.619. The molecule has 0 heterocycles. The van der Waals surface area contributed by atoms with Crippen LogP contribution in [0.15, 0.2) is 35.5 Å². The number of allylic oxidation sites excluding steroid dienone is 5. The number of carbonyl (C=O) groups is 1. The molecule has 0 bridgehead atoms. The van der Waals surface area contributed by atoms with Crippen molar-refractivity contribution in [3.63, 3.8) is 0 Å². The molecule has 4 aliphatic rings. The van der Waals surface area contributed by atoms with Crippen molar-refractivity contribution in [2.45, 2.75) is 58.0 Å². The molecule has 0 aliphatic heterocycles. The standard InChI is InChI=1S/C21H25NO2/c1-13-10-15-16(19(2)7-4-14(23)11-18(13)19)5-8-20(3)17(15)6-9-21(20,24)12-22/h5,11,15,17,24H,1,4,6-10H2,2-3H3/t15-,17+,19-,20+,21+/m1/s1. The summed E-state index contributed by atoms with van der Waals surface area (Å²) in [6, 6.07) is 2.21. The Morgan fingerprint density at radius 2 is 2.12 bits per heavy atom. The first kappa shape index (κ1) is 15.8. The van der Waals surface area contributed by atoms with Crippen molar-refractivity contribution in [3.05, 3.63) is 35.5 Å².